The van der Waals surface area contributed by atoms with Crippen molar-refractivity contribution in [1.82, 2.24) is 24.6 Å². The second kappa shape index (κ2) is 4.81. The molecule has 0 aromatic carbocycles. The van der Waals surface area contributed by atoms with Crippen LogP contribution in [0.15, 0.2) is 24.8 Å². The van der Waals surface area contributed by atoms with E-state index in [-0.39, 0.29) is 5.41 Å². The minimum Gasteiger partial charge on any atom is -0.334 e. The van der Waals surface area contributed by atoms with E-state index in [4.69, 9.17) is 0 Å². The van der Waals surface area contributed by atoms with Crippen molar-refractivity contribution in [1.29, 1.82) is 0 Å². The first kappa shape index (κ1) is 12.4. The van der Waals surface area contributed by atoms with Gasteiger partial charge in [-0.2, -0.15) is 5.10 Å². The van der Waals surface area contributed by atoms with Gasteiger partial charge in [0, 0.05) is 55.8 Å². The molecule has 0 spiro atoms. The van der Waals surface area contributed by atoms with E-state index < -0.39 is 0 Å². The summed E-state index contributed by atoms with van der Waals surface area (Å²) >= 11 is 0. The van der Waals surface area contributed by atoms with E-state index in [9.17, 15) is 0 Å². The van der Waals surface area contributed by atoms with E-state index in [2.05, 4.69) is 33.0 Å². The fourth-order valence-corrected chi connectivity index (χ4v) is 2.92. The minimum absolute atomic E-state index is 0.225. The van der Waals surface area contributed by atoms with Gasteiger partial charge in [0.2, 0.25) is 0 Å². The van der Waals surface area contributed by atoms with Gasteiger partial charge in [0.1, 0.15) is 0 Å². The fourth-order valence-electron chi connectivity index (χ4n) is 2.92. The number of aromatic nitrogens is 4. The molecule has 1 atom stereocenters. The Morgan fingerprint density at radius 1 is 1.47 bits per heavy atom. The van der Waals surface area contributed by atoms with Crippen LogP contribution >= 0.6 is 0 Å². The zero-order chi connectivity index (χ0) is 13.3. The molecule has 1 aliphatic heterocycles. The van der Waals surface area contributed by atoms with Crippen molar-refractivity contribution >= 4 is 0 Å². The van der Waals surface area contributed by atoms with E-state index in [0.717, 1.165) is 26.1 Å². The maximum absolute atomic E-state index is 4.35. The molecule has 0 radical (unpaired) electrons. The maximum atomic E-state index is 4.35. The topological polar surface area (TPSA) is 47.7 Å². The summed E-state index contributed by atoms with van der Waals surface area (Å²) in [5.41, 5.74) is 2.83. The Morgan fingerprint density at radius 3 is 3.05 bits per heavy atom. The molecular weight excluding hydrogens is 238 g/mol. The Hall–Kier alpha value is -1.62. The smallest absolute Gasteiger partial charge is 0.0948 e. The molecule has 1 N–H and O–H groups in total. The number of imidazole rings is 1. The van der Waals surface area contributed by atoms with Crippen molar-refractivity contribution in [2.75, 3.05) is 13.1 Å². The predicted molar refractivity (Wildman–Crippen MR) is 74.0 cm³/mol. The van der Waals surface area contributed by atoms with Crippen LogP contribution in [0.3, 0.4) is 0 Å². The Balaban J connectivity index is 1.75. The Kier molecular flexibility index (Phi) is 3.14. The largest absolute Gasteiger partial charge is 0.334 e. The molecule has 5 heteroatoms. The quantitative estimate of drug-likeness (QED) is 0.895. The summed E-state index contributed by atoms with van der Waals surface area (Å²) < 4.78 is 4.23. The van der Waals surface area contributed by atoms with Crippen molar-refractivity contribution in [2.45, 2.75) is 31.7 Å². The van der Waals surface area contributed by atoms with Crippen molar-refractivity contribution < 1.29 is 0 Å². The molecule has 0 bridgehead atoms. The zero-order valence-corrected chi connectivity index (χ0v) is 11.6. The van der Waals surface area contributed by atoms with Crippen LogP contribution in [0.4, 0.5) is 0 Å². The molecule has 5 nitrogen and oxygen atoms in total. The molecule has 2 aromatic rings. The van der Waals surface area contributed by atoms with Crippen molar-refractivity contribution in [2.24, 2.45) is 7.05 Å². The van der Waals surface area contributed by atoms with E-state index in [1.807, 2.05) is 30.5 Å². The van der Waals surface area contributed by atoms with Gasteiger partial charge in [0.15, 0.2) is 0 Å². The van der Waals surface area contributed by atoms with Gasteiger partial charge < -0.3 is 9.88 Å². The summed E-state index contributed by atoms with van der Waals surface area (Å²) in [5, 5.41) is 7.66. The fraction of sp³-hybridized carbons (Fsp3) is 0.571. The molecule has 0 amide bonds. The van der Waals surface area contributed by atoms with Crippen LogP contribution in [-0.4, -0.2) is 32.4 Å². The van der Waals surface area contributed by atoms with Crippen molar-refractivity contribution in [3.8, 4) is 0 Å². The molecule has 0 saturated carbocycles. The van der Waals surface area contributed by atoms with Crippen LogP contribution in [0, 0.1) is 0 Å². The lowest BCUT2D eigenvalue weighted by atomic mass is 9.86. The van der Waals surface area contributed by atoms with Gasteiger partial charge in [-0.05, 0) is 19.0 Å². The summed E-state index contributed by atoms with van der Waals surface area (Å²) in [6.07, 6.45) is 8.01. The molecule has 1 saturated heterocycles. The summed E-state index contributed by atoms with van der Waals surface area (Å²) in [6.45, 7) is 5.43. The lowest BCUT2D eigenvalue weighted by molar-refractivity contribution is 0.469. The van der Waals surface area contributed by atoms with Gasteiger partial charge in [0.25, 0.3) is 0 Å². The normalized spacial score (nSPS) is 23.1. The summed E-state index contributed by atoms with van der Waals surface area (Å²) in [7, 11) is 1.99. The van der Waals surface area contributed by atoms with Gasteiger partial charge in [-0.3, -0.25) is 4.68 Å². The first-order valence-corrected chi connectivity index (χ1v) is 6.87. The van der Waals surface area contributed by atoms with Crippen LogP contribution in [0.25, 0.3) is 0 Å². The number of aryl methyl sites for hydroxylation is 3. The van der Waals surface area contributed by atoms with Gasteiger partial charge in [-0.25, -0.2) is 4.98 Å². The average Bonchev–Trinajstić information content (AvgIpc) is 3.08. The molecule has 1 unspecified atom stereocenters. The highest BCUT2D eigenvalue weighted by Crippen LogP contribution is 2.29. The molecule has 0 aliphatic carbocycles. The molecule has 19 heavy (non-hydrogen) atoms. The number of nitrogens with one attached hydrogen (secondary N) is 1. The number of rotatable bonds is 4. The number of hydrogen-bond donors (Lipinski definition) is 1. The van der Waals surface area contributed by atoms with Crippen LogP contribution in [0.1, 0.15) is 24.7 Å². The molecule has 102 valence electrons. The van der Waals surface area contributed by atoms with Crippen molar-refractivity contribution in [3.63, 3.8) is 0 Å². The highest BCUT2D eigenvalue weighted by molar-refractivity contribution is 5.17. The Bertz CT molecular complexity index is 548. The van der Waals surface area contributed by atoms with Gasteiger partial charge >= 0.3 is 0 Å². The summed E-state index contributed by atoms with van der Waals surface area (Å²) in [4.78, 5) is 4.35. The molecule has 3 rings (SSSR count). The van der Waals surface area contributed by atoms with Crippen LogP contribution in [0.2, 0.25) is 0 Å². The third kappa shape index (κ3) is 2.30. The SMILES string of the molecule is Cn1nccc1CCn1cncc1C1(C)CCNC1. The summed E-state index contributed by atoms with van der Waals surface area (Å²) in [5.74, 6) is 0. The van der Waals surface area contributed by atoms with Crippen LogP contribution in [-0.2, 0) is 25.4 Å². The molecule has 2 aromatic heterocycles. The van der Waals surface area contributed by atoms with E-state index in [1.54, 1.807) is 0 Å². The maximum Gasteiger partial charge on any atom is 0.0948 e. The third-order valence-electron chi connectivity index (χ3n) is 4.23. The van der Waals surface area contributed by atoms with Crippen LogP contribution in [0.5, 0.6) is 0 Å². The van der Waals surface area contributed by atoms with E-state index >= 15 is 0 Å². The van der Waals surface area contributed by atoms with Gasteiger partial charge in [-0.1, -0.05) is 6.92 Å². The lowest BCUT2D eigenvalue weighted by Gasteiger charge is -2.24. The van der Waals surface area contributed by atoms with E-state index in [0.29, 0.717) is 0 Å². The zero-order valence-electron chi connectivity index (χ0n) is 11.6. The summed E-state index contributed by atoms with van der Waals surface area (Å²) in [6, 6.07) is 2.08. The lowest BCUT2D eigenvalue weighted by Crippen LogP contribution is -2.28. The molecular formula is C14H21N5. The Morgan fingerprint density at radius 2 is 2.37 bits per heavy atom. The first-order chi connectivity index (χ1) is 9.19. The number of nitrogens with zero attached hydrogens (tertiary/aromatic N) is 4. The minimum atomic E-state index is 0.225. The van der Waals surface area contributed by atoms with Crippen LogP contribution < -0.4 is 5.32 Å². The molecule has 3 heterocycles. The highest BCUT2D eigenvalue weighted by atomic mass is 15.3. The number of hydrogen-bond acceptors (Lipinski definition) is 3. The van der Waals surface area contributed by atoms with Crippen molar-refractivity contribution in [3.05, 3.63) is 36.2 Å². The highest BCUT2D eigenvalue weighted by Gasteiger charge is 2.33. The standard InChI is InChI=1S/C14H21N5/c1-14(5-7-15-10-14)13-9-16-11-19(13)8-4-12-3-6-17-18(12)2/h3,6,9,11,15H,4-5,7-8,10H2,1-2H3. The third-order valence-corrected chi connectivity index (χ3v) is 4.23. The molecule has 1 fully saturated rings. The monoisotopic (exact) mass is 259 g/mol. The predicted octanol–water partition coefficient (Wildman–Crippen LogP) is 1.11. The first-order valence-electron chi connectivity index (χ1n) is 6.87. The Labute approximate surface area is 113 Å². The second-order valence-corrected chi connectivity index (χ2v) is 5.66. The van der Waals surface area contributed by atoms with Gasteiger partial charge in [0.05, 0.1) is 6.33 Å². The second-order valence-electron chi connectivity index (χ2n) is 5.66. The van der Waals surface area contributed by atoms with E-state index in [1.165, 1.54) is 17.8 Å². The average molecular weight is 259 g/mol. The van der Waals surface area contributed by atoms with Gasteiger partial charge in [-0.15, -0.1) is 0 Å². The molecule has 1 aliphatic rings.